The lowest BCUT2D eigenvalue weighted by Crippen LogP contribution is -2.48. The summed E-state index contributed by atoms with van der Waals surface area (Å²) in [6, 6.07) is 5.82. The first-order valence-electron chi connectivity index (χ1n) is 6.48. The molecule has 0 saturated carbocycles. The second kappa shape index (κ2) is 6.38. The summed E-state index contributed by atoms with van der Waals surface area (Å²) in [6.45, 7) is 7.33. The van der Waals surface area contributed by atoms with E-state index in [4.69, 9.17) is 10.00 Å². The SMILES string of the molecule is CCC(C)(C)NC(=O)C(C)Oc1cccc(F)c1C#N. The largest absolute Gasteiger partial charge is 0.479 e. The quantitative estimate of drug-likeness (QED) is 0.900. The Balaban J connectivity index is 2.82. The van der Waals surface area contributed by atoms with Gasteiger partial charge in [-0.1, -0.05) is 13.0 Å². The maximum atomic E-state index is 13.4. The Hall–Kier alpha value is -2.09. The Morgan fingerprint density at radius 2 is 2.20 bits per heavy atom. The van der Waals surface area contributed by atoms with Gasteiger partial charge in [0.25, 0.3) is 5.91 Å². The maximum absolute atomic E-state index is 13.4. The predicted molar refractivity (Wildman–Crippen MR) is 73.7 cm³/mol. The molecule has 0 radical (unpaired) electrons. The van der Waals surface area contributed by atoms with Crippen LogP contribution in [-0.4, -0.2) is 17.6 Å². The van der Waals surface area contributed by atoms with Gasteiger partial charge < -0.3 is 10.1 Å². The van der Waals surface area contributed by atoms with Crippen LogP contribution < -0.4 is 10.1 Å². The molecule has 1 N–H and O–H groups in total. The Morgan fingerprint density at radius 1 is 1.55 bits per heavy atom. The Bertz CT molecular complexity index is 535. The average Bonchev–Trinajstić information content (AvgIpc) is 2.38. The first-order chi connectivity index (χ1) is 9.30. The van der Waals surface area contributed by atoms with Crippen LogP contribution in [0, 0.1) is 17.1 Å². The second-order valence-electron chi connectivity index (χ2n) is 5.21. The third-order valence-electron chi connectivity index (χ3n) is 3.11. The van der Waals surface area contributed by atoms with Crippen LogP contribution in [0.15, 0.2) is 18.2 Å². The summed E-state index contributed by atoms with van der Waals surface area (Å²) in [5.41, 5.74) is -0.531. The predicted octanol–water partition coefficient (Wildman–Crippen LogP) is 2.77. The van der Waals surface area contributed by atoms with Gasteiger partial charge in [0.15, 0.2) is 6.10 Å². The standard InChI is InChI=1S/C15H19FN2O2/c1-5-15(3,4)18-14(19)10(2)20-13-8-6-7-12(16)11(13)9-17/h6-8,10H,5H2,1-4H3,(H,18,19). The molecule has 4 nitrogen and oxygen atoms in total. The lowest BCUT2D eigenvalue weighted by Gasteiger charge is -2.26. The summed E-state index contributed by atoms with van der Waals surface area (Å²) in [4.78, 5) is 12.0. The van der Waals surface area contributed by atoms with Gasteiger partial charge in [0, 0.05) is 5.54 Å². The summed E-state index contributed by atoms with van der Waals surface area (Å²) in [5.74, 6) is -0.888. The van der Waals surface area contributed by atoms with E-state index >= 15 is 0 Å². The highest BCUT2D eigenvalue weighted by molar-refractivity contribution is 5.81. The van der Waals surface area contributed by atoms with E-state index in [0.717, 1.165) is 6.42 Å². The maximum Gasteiger partial charge on any atom is 0.261 e. The van der Waals surface area contributed by atoms with Crippen LogP contribution in [0.3, 0.4) is 0 Å². The van der Waals surface area contributed by atoms with Gasteiger partial charge in [-0.25, -0.2) is 4.39 Å². The third-order valence-corrected chi connectivity index (χ3v) is 3.11. The summed E-state index contributed by atoms with van der Waals surface area (Å²) in [6.07, 6.45) is -0.0378. The zero-order valence-corrected chi connectivity index (χ0v) is 12.2. The molecule has 1 rings (SSSR count). The van der Waals surface area contributed by atoms with E-state index in [0.29, 0.717) is 0 Å². The summed E-state index contributed by atoms with van der Waals surface area (Å²) in [5, 5.41) is 11.7. The summed E-state index contributed by atoms with van der Waals surface area (Å²) >= 11 is 0. The second-order valence-corrected chi connectivity index (χ2v) is 5.21. The van der Waals surface area contributed by atoms with Gasteiger partial charge in [0.1, 0.15) is 23.2 Å². The summed E-state index contributed by atoms with van der Waals surface area (Å²) in [7, 11) is 0. The molecule has 0 heterocycles. The Labute approximate surface area is 118 Å². The topological polar surface area (TPSA) is 62.1 Å². The molecule has 0 spiro atoms. The van der Waals surface area contributed by atoms with Gasteiger partial charge >= 0.3 is 0 Å². The highest BCUT2D eigenvalue weighted by Gasteiger charge is 2.23. The minimum atomic E-state index is -0.810. The molecular formula is C15H19FN2O2. The van der Waals surface area contributed by atoms with Crippen molar-refractivity contribution in [3.63, 3.8) is 0 Å². The third kappa shape index (κ3) is 3.95. The van der Waals surface area contributed by atoms with Crippen molar-refractivity contribution in [1.82, 2.24) is 5.32 Å². The molecule has 0 bridgehead atoms. The molecule has 108 valence electrons. The van der Waals surface area contributed by atoms with E-state index in [2.05, 4.69) is 5.32 Å². The first-order valence-corrected chi connectivity index (χ1v) is 6.48. The number of amides is 1. The molecule has 1 aromatic carbocycles. The fraction of sp³-hybridized carbons (Fsp3) is 0.467. The Morgan fingerprint density at radius 3 is 2.75 bits per heavy atom. The van der Waals surface area contributed by atoms with E-state index in [1.807, 2.05) is 20.8 Å². The highest BCUT2D eigenvalue weighted by Crippen LogP contribution is 2.21. The van der Waals surface area contributed by atoms with Crippen molar-refractivity contribution in [2.45, 2.75) is 45.8 Å². The minimum absolute atomic E-state index is 0.0736. The van der Waals surface area contributed by atoms with Crippen molar-refractivity contribution < 1.29 is 13.9 Å². The van der Waals surface area contributed by atoms with Crippen LogP contribution in [0.1, 0.15) is 39.7 Å². The van der Waals surface area contributed by atoms with Gasteiger partial charge in [0.2, 0.25) is 0 Å². The summed E-state index contributed by atoms with van der Waals surface area (Å²) < 4.78 is 18.8. The van der Waals surface area contributed by atoms with Crippen LogP contribution in [0.4, 0.5) is 4.39 Å². The molecule has 20 heavy (non-hydrogen) atoms. The lowest BCUT2D eigenvalue weighted by molar-refractivity contribution is -0.129. The molecule has 0 fully saturated rings. The number of nitrogens with one attached hydrogen (secondary N) is 1. The van der Waals surface area contributed by atoms with E-state index in [1.165, 1.54) is 18.2 Å². The van der Waals surface area contributed by atoms with Crippen LogP contribution in [0.2, 0.25) is 0 Å². The van der Waals surface area contributed by atoms with Gasteiger partial charge in [-0.05, 0) is 39.3 Å². The van der Waals surface area contributed by atoms with E-state index in [9.17, 15) is 9.18 Å². The molecule has 1 atom stereocenters. The number of carbonyl (C=O) groups excluding carboxylic acids is 1. The number of halogens is 1. The Kier molecular flexibility index (Phi) is 5.09. The van der Waals surface area contributed by atoms with E-state index in [-0.39, 0.29) is 22.8 Å². The molecule has 5 heteroatoms. The van der Waals surface area contributed by atoms with Gasteiger partial charge in [-0.15, -0.1) is 0 Å². The molecule has 0 aliphatic rings. The van der Waals surface area contributed by atoms with Crippen molar-refractivity contribution in [2.75, 3.05) is 0 Å². The average molecular weight is 278 g/mol. The molecule has 0 aliphatic carbocycles. The number of rotatable bonds is 5. The van der Waals surface area contributed by atoms with Crippen LogP contribution in [0.25, 0.3) is 0 Å². The number of hydrogen-bond acceptors (Lipinski definition) is 3. The zero-order valence-electron chi connectivity index (χ0n) is 12.2. The number of nitrogens with zero attached hydrogens (tertiary/aromatic N) is 1. The van der Waals surface area contributed by atoms with Gasteiger partial charge in [0.05, 0.1) is 0 Å². The number of nitriles is 1. The fourth-order valence-electron chi connectivity index (χ4n) is 1.48. The number of carbonyl (C=O) groups is 1. The van der Waals surface area contributed by atoms with Crippen LogP contribution in [0.5, 0.6) is 5.75 Å². The molecule has 1 aromatic rings. The lowest BCUT2D eigenvalue weighted by atomic mass is 10.0. The van der Waals surface area contributed by atoms with Crippen molar-refractivity contribution in [1.29, 1.82) is 5.26 Å². The van der Waals surface area contributed by atoms with E-state index in [1.54, 1.807) is 13.0 Å². The van der Waals surface area contributed by atoms with Crippen LogP contribution >= 0.6 is 0 Å². The molecule has 1 amide bonds. The fourth-order valence-corrected chi connectivity index (χ4v) is 1.48. The number of ether oxygens (including phenoxy) is 1. The van der Waals surface area contributed by atoms with Crippen molar-refractivity contribution in [2.24, 2.45) is 0 Å². The normalized spacial score (nSPS) is 12.4. The van der Waals surface area contributed by atoms with Gasteiger partial charge in [-0.2, -0.15) is 5.26 Å². The molecule has 1 unspecified atom stereocenters. The monoisotopic (exact) mass is 278 g/mol. The highest BCUT2D eigenvalue weighted by atomic mass is 19.1. The number of benzene rings is 1. The van der Waals surface area contributed by atoms with Crippen molar-refractivity contribution >= 4 is 5.91 Å². The zero-order chi connectivity index (χ0) is 15.3. The molecule has 0 aromatic heterocycles. The molecule has 0 aliphatic heterocycles. The van der Waals surface area contributed by atoms with Gasteiger partial charge in [-0.3, -0.25) is 4.79 Å². The molecule has 0 saturated heterocycles. The van der Waals surface area contributed by atoms with E-state index < -0.39 is 11.9 Å². The van der Waals surface area contributed by atoms with Crippen LogP contribution in [-0.2, 0) is 4.79 Å². The smallest absolute Gasteiger partial charge is 0.261 e. The number of hydrogen-bond donors (Lipinski definition) is 1. The van der Waals surface area contributed by atoms with Crippen molar-refractivity contribution in [3.05, 3.63) is 29.6 Å². The molecular weight excluding hydrogens is 259 g/mol. The minimum Gasteiger partial charge on any atom is -0.479 e. The first kappa shape index (κ1) is 16.0. The van der Waals surface area contributed by atoms with Crippen molar-refractivity contribution in [3.8, 4) is 11.8 Å².